The fourth-order valence-corrected chi connectivity index (χ4v) is 11.1. The molecule has 0 saturated heterocycles. The molecule has 0 aromatic carbocycles. The number of ketones is 1. The molecule has 1 aromatic heterocycles. The van der Waals surface area contributed by atoms with Crippen molar-refractivity contribution in [2.24, 2.45) is 62.1 Å². The van der Waals surface area contributed by atoms with Crippen molar-refractivity contribution >= 4 is 11.6 Å². The van der Waals surface area contributed by atoms with Crippen molar-refractivity contribution in [1.29, 1.82) is 0 Å². The fourth-order valence-electron chi connectivity index (χ4n) is 11.1. The highest BCUT2D eigenvalue weighted by molar-refractivity contribution is 5.97. The van der Waals surface area contributed by atoms with Gasteiger partial charge in [0.2, 0.25) is 0 Å². The van der Waals surface area contributed by atoms with Gasteiger partial charge >= 0.3 is 0 Å². The maximum atomic E-state index is 14.5. The molecule has 3 saturated carbocycles. The van der Waals surface area contributed by atoms with E-state index in [0.717, 1.165) is 50.7 Å². The number of hydrogen-bond acceptors (Lipinski definition) is 5. The van der Waals surface area contributed by atoms with Crippen LogP contribution in [0.1, 0.15) is 98.3 Å². The molecule has 37 heavy (non-hydrogen) atoms. The number of rotatable bonds is 1. The van der Waals surface area contributed by atoms with E-state index >= 15 is 0 Å². The Balaban J connectivity index is 1.53. The van der Waals surface area contributed by atoms with E-state index in [1.54, 1.807) is 0 Å². The molecule has 1 aromatic rings. The summed E-state index contributed by atoms with van der Waals surface area (Å²) in [7, 11) is 0. The van der Waals surface area contributed by atoms with Gasteiger partial charge in [-0.25, -0.2) is 0 Å². The second kappa shape index (κ2) is 7.51. The Morgan fingerprint density at radius 2 is 1.84 bits per heavy atom. The number of nitrogens with two attached hydrogens (primary N) is 1. The molecule has 0 bridgehead atoms. The molecule has 6 rings (SSSR count). The SMILES string of the molecule is C[C@@H]1[C@H]2[C@H]3C(=O)C=C4[C@@]5(C)Cc6cnoc6C(C)(C)[C@@H]5CC[C@@]4(C)[C@]3(C)CC[C@@]2(/C(N)=N/O)CC[C@H]1C. The van der Waals surface area contributed by atoms with Crippen LogP contribution in [0.25, 0.3) is 0 Å². The van der Waals surface area contributed by atoms with Crippen LogP contribution in [-0.2, 0) is 16.6 Å². The van der Waals surface area contributed by atoms with Gasteiger partial charge in [0.05, 0.1) is 6.20 Å². The van der Waals surface area contributed by atoms with E-state index in [9.17, 15) is 10.0 Å². The fraction of sp³-hybridized carbons (Fsp3) is 0.774. The molecule has 5 aliphatic rings. The Morgan fingerprint density at radius 3 is 2.54 bits per heavy atom. The van der Waals surface area contributed by atoms with Gasteiger partial charge in [-0.1, -0.05) is 64.4 Å². The van der Waals surface area contributed by atoms with Crippen LogP contribution in [0.15, 0.2) is 27.5 Å². The monoisotopic (exact) mass is 507 g/mol. The number of fused-ring (bicyclic) bond motifs is 8. The Kier molecular flexibility index (Phi) is 5.11. The van der Waals surface area contributed by atoms with Crippen LogP contribution in [0.2, 0.25) is 0 Å². The zero-order chi connectivity index (χ0) is 26.8. The number of carbonyl (C=O) groups is 1. The summed E-state index contributed by atoms with van der Waals surface area (Å²) in [6.45, 7) is 16.5. The summed E-state index contributed by atoms with van der Waals surface area (Å²) < 4.78 is 5.80. The summed E-state index contributed by atoms with van der Waals surface area (Å²) in [4.78, 5) is 14.5. The molecule has 0 aliphatic heterocycles. The number of oxime groups is 1. The highest BCUT2D eigenvalue weighted by atomic mass is 16.5. The van der Waals surface area contributed by atoms with Crippen molar-refractivity contribution in [2.45, 2.75) is 98.8 Å². The quantitative estimate of drug-likeness (QED) is 0.202. The molecule has 202 valence electrons. The molecular formula is C31H45N3O3. The van der Waals surface area contributed by atoms with E-state index < -0.39 is 5.41 Å². The Hall–Kier alpha value is -2.11. The first-order valence-electron chi connectivity index (χ1n) is 14.5. The topological polar surface area (TPSA) is 102 Å². The third-order valence-corrected chi connectivity index (χ3v) is 13.3. The van der Waals surface area contributed by atoms with E-state index in [0.29, 0.717) is 23.6 Å². The number of allylic oxidation sites excluding steroid dienone is 2. The largest absolute Gasteiger partial charge is 0.409 e. The standard InChI is InChI=1S/C31H45N3O3/c1-17-8-11-31(26(32)34-36)13-12-30(7)24(23(31)18(17)2)20(35)14-22-28(5)15-19-16-33-37-25(19)27(3,4)21(28)9-10-29(22,30)6/h14,16-18,21,23-24,36H,8-13,15H2,1-7H3,(H2,32,34)/t17-,18+,21+,23+,24-,28+,29-,30-,31+/m1/s1. The second-order valence-electron chi connectivity index (χ2n) is 14.8. The van der Waals surface area contributed by atoms with Crippen molar-refractivity contribution in [3.63, 3.8) is 0 Å². The molecule has 0 radical (unpaired) electrons. The zero-order valence-corrected chi connectivity index (χ0v) is 23.7. The van der Waals surface area contributed by atoms with Crippen molar-refractivity contribution in [3.05, 3.63) is 29.2 Å². The lowest BCUT2D eigenvalue weighted by molar-refractivity contribution is -0.166. The van der Waals surface area contributed by atoms with Gasteiger partial charge in [-0.15, -0.1) is 0 Å². The maximum absolute atomic E-state index is 14.5. The molecule has 3 fully saturated rings. The number of nitrogens with zero attached hydrogens (tertiary/aromatic N) is 2. The molecule has 6 heteroatoms. The number of hydrogen-bond donors (Lipinski definition) is 2. The van der Waals surface area contributed by atoms with Gasteiger partial charge in [-0.3, -0.25) is 4.79 Å². The normalized spacial score (nSPS) is 48.6. The number of carbonyl (C=O) groups excluding carboxylic acids is 1. The van der Waals surface area contributed by atoms with E-state index in [1.165, 1.54) is 11.1 Å². The third kappa shape index (κ3) is 2.80. The van der Waals surface area contributed by atoms with Crippen molar-refractivity contribution in [1.82, 2.24) is 5.16 Å². The highest BCUT2D eigenvalue weighted by Crippen LogP contribution is 2.74. The maximum Gasteiger partial charge on any atom is 0.159 e. The van der Waals surface area contributed by atoms with Crippen LogP contribution in [0.3, 0.4) is 0 Å². The Morgan fingerprint density at radius 1 is 1.11 bits per heavy atom. The van der Waals surface area contributed by atoms with E-state index in [2.05, 4.69) is 64.9 Å². The molecule has 1 heterocycles. The lowest BCUT2D eigenvalue weighted by atomic mass is 9.33. The molecule has 6 nitrogen and oxygen atoms in total. The van der Waals surface area contributed by atoms with Gasteiger partial charge in [0.15, 0.2) is 5.78 Å². The molecule has 0 unspecified atom stereocenters. The van der Waals surface area contributed by atoms with Gasteiger partial charge in [0.25, 0.3) is 0 Å². The second-order valence-corrected chi connectivity index (χ2v) is 14.8. The minimum Gasteiger partial charge on any atom is -0.409 e. The third-order valence-electron chi connectivity index (χ3n) is 13.3. The van der Waals surface area contributed by atoms with Crippen molar-refractivity contribution in [2.75, 3.05) is 0 Å². The van der Waals surface area contributed by atoms with Gasteiger partial charge < -0.3 is 15.5 Å². The lowest BCUT2D eigenvalue weighted by Crippen LogP contribution is -2.67. The minimum atomic E-state index is -0.395. The summed E-state index contributed by atoms with van der Waals surface area (Å²) in [5.74, 6) is 2.85. The van der Waals surface area contributed by atoms with E-state index in [1.807, 2.05) is 6.20 Å². The van der Waals surface area contributed by atoms with Crippen LogP contribution < -0.4 is 5.73 Å². The first-order valence-corrected chi connectivity index (χ1v) is 14.5. The van der Waals surface area contributed by atoms with Gasteiger partial charge in [-0.2, -0.15) is 0 Å². The smallest absolute Gasteiger partial charge is 0.159 e. The van der Waals surface area contributed by atoms with Gasteiger partial charge in [0.1, 0.15) is 11.6 Å². The highest BCUT2D eigenvalue weighted by Gasteiger charge is 2.70. The van der Waals surface area contributed by atoms with Crippen LogP contribution in [-0.4, -0.2) is 22.0 Å². The van der Waals surface area contributed by atoms with Crippen LogP contribution >= 0.6 is 0 Å². The van der Waals surface area contributed by atoms with Crippen LogP contribution in [0.5, 0.6) is 0 Å². The summed E-state index contributed by atoms with van der Waals surface area (Å²) in [6.07, 6.45) is 10.8. The molecule has 9 atom stereocenters. The number of aromatic nitrogens is 1. The zero-order valence-electron chi connectivity index (χ0n) is 23.7. The lowest BCUT2D eigenvalue weighted by Gasteiger charge is -2.69. The van der Waals surface area contributed by atoms with E-state index in [-0.39, 0.29) is 39.3 Å². The van der Waals surface area contributed by atoms with Gasteiger partial charge in [-0.05, 0) is 90.9 Å². The summed E-state index contributed by atoms with van der Waals surface area (Å²) in [6, 6.07) is 0. The Labute approximate surface area is 221 Å². The molecular weight excluding hydrogens is 462 g/mol. The molecule has 3 N–H and O–H groups in total. The predicted octanol–water partition coefficient (Wildman–Crippen LogP) is 6.27. The summed E-state index contributed by atoms with van der Waals surface area (Å²) >= 11 is 0. The summed E-state index contributed by atoms with van der Waals surface area (Å²) in [5.41, 5.74) is 8.15. The van der Waals surface area contributed by atoms with Crippen molar-refractivity contribution in [3.8, 4) is 0 Å². The average molecular weight is 508 g/mol. The summed E-state index contributed by atoms with van der Waals surface area (Å²) in [5, 5.41) is 17.6. The predicted molar refractivity (Wildman–Crippen MR) is 143 cm³/mol. The first-order chi connectivity index (χ1) is 17.3. The minimum absolute atomic E-state index is 0.0841. The van der Waals surface area contributed by atoms with Crippen molar-refractivity contribution < 1.29 is 14.5 Å². The van der Waals surface area contributed by atoms with Crippen LogP contribution in [0.4, 0.5) is 0 Å². The molecule has 0 spiro atoms. The number of amidine groups is 1. The van der Waals surface area contributed by atoms with E-state index in [4.69, 9.17) is 10.3 Å². The molecule has 5 aliphatic carbocycles. The first kappa shape index (κ1) is 25.2. The van der Waals surface area contributed by atoms with Gasteiger partial charge in [0, 0.05) is 22.3 Å². The average Bonchev–Trinajstić information content (AvgIpc) is 3.31. The molecule has 0 amide bonds. The van der Waals surface area contributed by atoms with Crippen LogP contribution in [0, 0.1) is 51.2 Å². The Bertz CT molecular complexity index is 1210.